The molecule has 2 fully saturated rings. The van der Waals surface area contributed by atoms with Crippen LogP contribution in [-0.2, 0) is 20.8 Å². The van der Waals surface area contributed by atoms with Crippen molar-refractivity contribution in [1.29, 1.82) is 0 Å². The van der Waals surface area contributed by atoms with Crippen LogP contribution in [0.1, 0.15) is 31.2 Å². The number of ether oxygens (including phenoxy) is 1. The number of amides is 3. The lowest BCUT2D eigenvalue weighted by Gasteiger charge is -2.32. The van der Waals surface area contributed by atoms with Gasteiger partial charge in [0.15, 0.2) is 0 Å². The number of carbonyl (C=O) groups is 3. The highest BCUT2D eigenvalue weighted by Gasteiger charge is 2.30. The van der Waals surface area contributed by atoms with E-state index in [1.54, 1.807) is 16.9 Å². The van der Waals surface area contributed by atoms with E-state index in [9.17, 15) is 14.4 Å². The average Bonchev–Trinajstić information content (AvgIpc) is 3.12. The predicted molar refractivity (Wildman–Crippen MR) is 105 cm³/mol. The van der Waals surface area contributed by atoms with Gasteiger partial charge in [0, 0.05) is 45.6 Å². The van der Waals surface area contributed by atoms with Crippen molar-refractivity contribution in [1.82, 2.24) is 15.1 Å². The van der Waals surface area contributed by atoms with Crippen molar-refractivity contribution in [2.24, 2.45) is 5.92 Å². The largest absolute Gasteiger partial charge is 0.497 e. The standard InChI is InChI=1S/C21H29N3O4/c1-28-18-7-4-16(5-8-18)10-13-24-15-17(6-9-20(24)26)21(27)22-11-14-23-12-2-3-19(23)25/h4-5,7-8,17H,2-3,6,9-15H2,1H3,(H,22,27)/t17-/m1/s1. The molecule has 7 heteroatoms. The van der Waals surface area contributed by atoms with Gasteiger partial charge in [0.05, 0.1) is 13.0 Å². The van der Waals surface area contributed by atoms with Crippen LogP contribution in [0.25, 0.3) is 0 Å². The van der Waals surface area contributed by atoms with Gasteiger partial charge in [-0.25, -0.2) is 0 Å². The fraction of sp³-hybridized carbons (Fsp3) is 0.571. The van der Waals surface area contributed by atoms with Crippen LogP contribution in [0.2, 0.25) is 0 Å². The second-order valence-electron chi connectivity index (χ2n) is 7.45. The molecule has 2 saturated heterocycles. The third-order valence-corrected chi connectivity index (χ3v) is 5.55. The molecule has 0 aromatic heterocycles. The number of nitrogens with zero attached hydrogens (tertiary/aromatic N) is 2. The molecule has 3 amide bonds. The van der Waals surface area contributed by atoms with Crippen molar-refractivity contribution >= 4 is 17.7 Å². The summed E-state index contributed by atoms with van der Waals surface area (Å²) in [6.45, 7) is 2.89. The summed E-state index contributed by atoms with van der Waals surface area (Å²) in [5, 5.41) is 2.94. The Labute approximate surface area is 166 Å². The minimum Gasteiger partial charge on any atom is -0.497 e. The highest BCUT2D eigenvalue weighted by Crippen LogP contribution is 2.19. The Morgan fingerprint density at radius 1 is 1.11 bits per heavy atom. The summed E-state index contributed by atoms with van der Waals surface area (Å²) in [4.78, 5) is 39.9. The first-order valence-corrected chi connectivity index (χ1v) is 10.0. The van der Waals surface area contributed by atoms with Crippen molar-refractivity contribution in [3.8, 4) is 5.75 Å². The van der Waals surface area contributed by atoms with E-state index in [-0.39, 0.29) is 23.6 Å². The zero-order valence-corrected chi connectivity index (χ0v) is 16.5. The summed E-state index contributed by atoms with van der Waals surface area (Å²) in [6.07, 6.45) is 3.27. The minimum atomic E-state index is -0.178. The first kappa shape index (κ1) is 20.2. The number of carbonyl (C=O) groups excluding carboxylic acids is 3. The molecule has 0 aliphatic carbocycles. The van der Waals surface area contributed by atoms with E-state index in [1.165, 1.54) is 0 Å². The molecule has 2 heterocycles. The Kier molecular flexibility index (Phi) is 6.90. The SMILES string of the molecule is COc1ccc(CCN2C[C@H](C(=O)NCCN3CCCC3=O)CCC2=O)cc1. The lowest BCUT2D eigenvalue weighted by molar-refractivity contribution is -0.138. The number of hydrogen-bond donors (Lipinski definition) is 1. The van der Waals surface area contributed by atoms with Crippen LogP contribution in [0.5, 0.6) is 5.75 Å². The van der Waals surface area contributed by atoms with Crippen molar-refractivity contribution < 1.29 is 19.1 Å². The molecular weight excluding hydrogens is 358 g/mol. The molecule has 0 saturated carbocycles. The van der Waals surface area contributed by atoms with Crippen molar-refractivity contribution in [2.75, 3.05) is 39.8 Å². The van der Waals surface area contributed by atoms with Crippen LogP contribution < -0.4 is 10.1 Å². The molecule has 2 aliphatic rings. The molecule has 0 unspecified atom stereocenters. The Morgan fingerprint density at radius 3 is 2.54 bits per heavy atom. The topological polar surface area (TPSA) is 79.0 Å². The normalized spacial score (nSPS) is 19.8. The number of likely N-dealkylation sites (tertiary alicyclic amines) is 2. The van der Waals surface area contributed by atoms with Crippen molar-refractivity contribution in [2.45, 2.75) is 32.1 Å². The second kappa shape index (κ2) is 9.57. The number of benzene rings is 1. The number of methoxy groups -OCH3 is 1. The van der Waals surface area contributed by atoms with E-state index in [2.05, 4.69) is 5.32 Å². The molecule has 0 spiro atoms. The quantitative estimate of drug-likeness (QED) is 0.727. The Morgan fingerprint density at radius 2 is 1.86 bits per heavy atom. The highest BCUT2D eigenvalue weighted by molar-refractivity contribution is 5.84. The zero-order chi connectivity index (χ0) is 19.9. The smallest absolute Gasteiger partial charge is 0.224 e. The number of hydrogen-bond acceptors (Lipinski definition) is 4. The third kappa shape index (κ3) is 5.24. The molecule has 152 valence electrons. The zero-order valence-electron chi connectivity index (χ0n) is 16.5. The van der Waals surface area contributed by atoms with Crippen LogP contribution in [0.4, 0.5) is 0 Å². The summed E-state index contributed by atoms with van der Waals surface area (Å²) in [5.74, 6) is 0.893. The lowest BCUT2D eigenvalue weighted by atomic mass is 9.96. The first-order chi connectivity index (χ1) is 13.6. The monoisotopic (exact) mass is 387 g/mol. The van der Waals surface area contributed by atoms with Crippen LogP contribution in [-0.4, -0.2) is 67.4 Å². The molecular formula is C21H29N3O4. The summed E-state index contributed by atoms with van der Waals surface area (Å²) < 4.78 is 5.16. The van der Waals surface area contributed by atoms with Gasteiger partial charge in [-0.3, -0.25) is 14.4 Å². The summed E-state index contributed by atoms with van der Waals surface area (Å²) >= 11 is 0. The van der Waals surface area contributed by atoms with E-state index in [0.29, 0.717) is 45.4 Å². The molecule has 1 atom stereocenters. The lowest BCUT2D eigenvalue weighted by Crippen LogP contribution is -2.47. The van der Waals surface area contributed by atoms with Crippen LogP contribution in [0.15, 0.2) is 24.3 Å². The molecule has 1 N–H and O–H groups in total. The van der Waals surface area contributed by atoms with Crippen molar-refractivity contribution in [3.05, 3.63) is 29.8 Å². The van der Waals surface area contributed by atoms with Crippen molar-refractivity contribution in [3.63, 3.8) is 0 Å². The third-order valence-electron chi connectivity index (χ3n) is 5.55. The van der Waals surface area contributed by atoms with Gasteiger partial charge in [-0.05, 0) is 37.0 Å². The molecule has 0 bridgehead atoms. The Bertz CT molecular complexity index is 704. The van der Waals surface area contributed by atoms with Gasteiger partial charge in [0.1, 0.15) is 5.75 Å². The van der Waals surface area contributed by atoms with Crippen LogP contribution in [0, 0.1) is 5.92 Å². The van der Waals surface area contributed by atoms with Gasteiger partial charge in [-0.1, -0.05) is 12.1 Å². The minimum absolute atomic E-state index is 0.0198. The van der Waals surface area contributed by atoms with Gasteiger partial charge < -0.3 is 19.9 Å². The number of rotatable bonds is 8. The molecule has 3 rings (SSSR count). The van der Waals surface area contributed by atoms with Gasteiger partial charge in [0.25, 0.3) is 0 Å². The van der Waals surface area contributed by atoms with Crippen LogP contribution in [0.3, 0.4) is 0 Å². The van der Waals surface area contributed by atoms with E-state index >= 15 is 0 Å². The molecule has 28 heavy (non-hydrogen) atoms. The number of nitrogens with one attached hydrogen (secondary N) is 1. The maximum atomic E-state index is 12.5. The number of piperidine rings is 1. The molecule has 2 aliphatic heterocycles. The Hall–Kier alpha value is -2.57. The molecule has 1 aromatic carbocycles. The summed E-state index contributed by atoms with van der Waals surface area (Å²) in [7, 11) is 1.63. The fourth-order valence-corrected chi connectivity index (χ4v) is 3.80. The maximum absolute atomic E-state index is 12.5. The van der Waals surface area contributed by atoms with Gasteiger partial charge in [-0.2, -0.15) is 0 Å². The Balaban J connectivity index is 1.44. The van der Waals surface area contributed by atoms with E-state index in [4.69, 9.17) is 4.74 Å². The molecule has 0 radical (unpaired) electrons. The van der Waals surface area contributed by atoms with E-state index < -0.39 is 0 Å². The first-order valence-electron chi connectivity index (χ1n) is 10.0. The maximum Gasteiger partial charge on any atom is 0.224 e. The van der Waals surface area contributed by atoms with Gasteiger partial charge >= 0.3 is 0 Å². The summed E-state index contributed by atoms with van der Waals surface area (Å²) in [6, 6.07) is 7.82. The van der Waals surface area contributed by atoms with E-state index in [1.807, 2.05) is 24.3 Å². The van der Waals surface area contributed by atoms with Gasteiger partial charge in [-0.15, -0.1) is 0 Å². The fourth-order valence-electron chi connectivity index (χ4n) is 3.80. The second-order valence-corrected chi connectivity index (χ2v) is 7.45. The molecule has 7 nitrogen and oxygen atoms in total. The summed E-state index contributed by atoms with van der Waals surface area (Å²) in [5.41, 5.74) is 1.13. The molecule has 1 aromatic rings. The highest BCUT2D eigenvalue weighted by atomic mass is 16.5. The van der Waals surface area contributed by atoms with Crippen LogP contribution >= 0.6 is 0 Å². The predicted octanol–water partition coefficient (Wildman–Crippen LogP) is 1.21. The average molecular weight is 387 g/mol. The van der Waals surface area contributed by atoms with Gasteiger partial charge in [0.2, 0.25) is 17.7 Å². The van der Waals surface area contributed by atoms with E-state index in [0.717, 1.165) is 30.7 Å².